The predicted octanol–water partition coefficient (Wildman–Crippen LogP) is 3.52. The molecule has 0 aliphatic carbocycles. The van der Waals surface area contributed by atoms with E-state index in [2.05, 4.69) is 22.5 Å². The highest BCUT2D eigenvalue weighted by atomic mass is 16.3. The van der Waals surface area contributed by atoms with Crippen LogP contribution in [0.1, 0.15) is 62.7 Å². The number of furan rings is 1. The number of likely N-dealkylation sites (tertiary alicyclic amines) is 1. The standard InChI is InChI=1S/C18H31N3O2/c1-13-8-5-6-10-21(13)11-7-9-19-18(22)20-15(3)17-12-14(2)23-16(17)4/h12-13,15H,5-11H2,1-4H3,(H2,19,20,22). The summed E-state index contributed by atoms with van der Waals surface area (Å²) in [5.74, 6) is 1.75. The van der Waals surface area contributed by atoms with Crippen LogP contribution in [0.2, 0.25) is 0 Å². The molecule has 2 atom stereocenters. The number of rotatable bonds is 6. The minimum absolute atomic E-state index is 0.0467. The molecule has 0 spiro atoms. The second-order valence-electron chi connectivity index (χ2n) is 6.72. The fourth-order valence-electron chi connectivity index (χ4n) is 3.38. The second-order valence-corrected chi connectivity index (χ2v) is 6.72. The first-order valence-electron chi connectivity index (χ1n) is 8.82. The average Bonchev–Trinajstić information content (AvgIpc) is 2.84. The van der Waals surface area contributed by atoms with E-state index in [4.69, 9.17) is 4.42 Å². The Morgan fingerprint density at radius 1 is 1.43 bits per heavy atom. The predicted molar refractivity (Wildman–Crippen MR) is 92.6 cm³/mol. The average molecular weight is 321 g/mol. The summed E-state index contributed by atoms with van der Waals surface area (Å²) in [5.41, 5.74) is 1.04. The van der Waals surface area contributed by atoms with Gasteiger partial charge in [0, 0.05) is 24.7 Å². The van der Waals surface area contributed by atoms with Crippen molar-refractivity contribution in [1.82, 2.24) is 15.5 Å². The Balaban J connectivity index is 1.66. The number of nitrogens with one attached hydrogen (secondary N) is 2. The van der Waals surface area contributed by atoms with Gasteiger partial charge in [0.25, 0.3) is 0 Å². The molecule has 5 nitrogen and oxygen atoms in total. The SMILES string of the molecule is Cc1cc(C(C)NC(=O)NCCCN2CCCCC2C)c(C)o1. The van der Waals surface area contributed by atoms with Gasteiger partial charge in [-0.25, -0.2) is 4.79 Å². The molecule has 1 aliphatic heterocycles. The zero-order valence-corrected chi connectivity index (χ0v) is 14.9. The van der Waals surface area contributed by atoms with Gasteiger partial charge in [-0.05, 0) is 59.6 Å². The maximum Gasteiger partial charge on any atom is 0.315 e. The molecule has 130 valence electrons. The van der Waals surface area contributed by atoms with Crippen LogP contribution in [0.5, 0.6) is 0 Å². The normalized spacial score (nSPS) is 20.3. The Kier molecular flexibility index (Phi) is 6.51. The first kappa shape index (κ1) is 17.9. The summed E-state index contributed by atoms with van der Waals surface area (Å²) < 4.78 is 5.52. The summed E-state index contributed by atoms with van der Waals surface area (Å²) in [6, 6.07) is 2.51. The van der Waals surface area contributed by atoms with E-state index in [-0.39, 0.29) is 12.1 Å². The molecule has 23 heavy (non-hydrogen) atoms. The third kappa shape index (κ3) is 5.27. The zero-order valence-electron chi connectivity index (χ0n) is 14.9. The van der Waals surface area contributed by atoms with Crippen LogP contribution in [0.15, 0.2) is 10.5 Å². The van der Waals surface area contributed by atoms with Crippen LogP contribution in [0, 0.1) is 13.8 Å². The molecule has 1 saturated heterocycles. The summed E-state index contributed by atoms with van der Waals surface area (Å²) in [4.78, 5) is 14.5. The first-order valence-corrected chi connectivity index (χ1v) is 8.82. The van der Waals surface area contributed by atoms with Crippen LogP contribution in [-0.2, 0) is 0 Å². The van der Waals surface area contributed by atoms with Crippen molar-refractivity contribution in [2.45, 2.75) is 65.5 Å². The lowest BCUT2D eigenvalue weighted by molar-refractivity contribution is 0.159. The van der Waals surface area contributed by atoms with Gasteiger partial charge in [-0.2, -0.15) is 0 Å². The lowest BCUT2D eigenvalue weighted by atomic mass is 10.0. The molecule has 1 fully saturated rings. The van der Waals surface area contributed by atoms with Gasteiger partial charge in [0.1, 0.15) is 11.5 Å². The van der Waals surface area contributed by atoms with Crippen molar-refractivity contribution in [2.75, 3.05) is 19.6 Å². The maximum atomic E-state index is 12.0. The molecule has 2 N–H and O–H groups in total. The summed E-state index contributed by atoms with van der Waals surface area (Å²) in [5, 5.41) is 5.93. The molecular formula is C18H31N3O2. The van der Waals surface area contributed by atoms with E-state index in [0.717, 1.165) is 30.0 Å². The summed E-state index contributed by atoms with van der Waals surface area (Å²) in [6.45, 7) is 11.1. The number of carbonyl (C=O) groups is 1. The molecule has 0 saturated carbocycles. The number of urea groups is 1. The van der Waals surface area contributed by atoms with E-state index in [0.29, 0.717) is 12.6 Å². The topological polar surface area (TPSA) is 57.5 Å². The van der Waals surface area contributed by atoms with Gasteiger partial charge in [0.15, 0.2) is 0 Å². The van der Waals surface area contributed by atoms with Gasteiger partial charge in [-0.15, -0.1) is 0 Å². The Labute approximate surface area is 139 Å². The van der Waals surface area contributed by atoms with Crippen LogP contribution in [0.3, 0.4) is 0 Å². The molecule has 2 amide bonds. The second kappa shape index (κ2) is 8.39. The Bertz CT molecular complexity index is 512. The van der Waals surface area contributed by atoms with E-state index >= 15 is 0 Å². The highest BCUT2D eigenvalue weighted by Crippen LogP contribution is 2.21. The van der Waals surface area contributed by atoms with Crippen LogP contribution >= 0.6 is 0 Å². The highest BCUT2D eigenvalue weighted by molar-refractivity contribution is 5.74. The molecule has 0 radical (unpaired) electrons. The van der Waals surface area contributed by atoms with Crippen molar-refractivity contribution < 1.29 is 9.21 Å². The minimum atomic E-state index is -0.109. The summed E-state index contributed by atoms with van der Waals surface area (Å²) in [7, 11) is 0. The largest absolute Gasteiger partial charge is 0.466 e. The molecule has 2 rings (SSSR count). The lowest BCUT2D eigenvalue weighted by Gasteiger charge is -2.33. The number of hydrogen-bond donors (Lipinski definition) is 2. The fraction of sp³-hybridized carbons (Fsp3) is 0.722. The van der Waals surface area contributed by atoms with E-state index in [1.165, 1.54) is 25.8 Å². The highest BCUT2D eigenvalue weighted by Gasteiger charge is 2.18. The molecule has 1 aromatic heterocycles. The number of amides is 2. The van der Waals surface area contributed by atoms with E-state index in [1.807, 2.05) is 26.8 Å². The Morgan fingerprint density at radius 3 is 2.87 bits per heavy atom. The lowest BCUT2D eigenvalue weighted by Crippen LogP contribution is -2.41. The van der Waals surface area contributed by atoms with Crippen molar-refractivity contribution in [2.24, 2.45) is 0 Å². The summed E-state index contributed by atoms with van der Waals surface area (Å²) in [6.07, 6.45) is 4.95. The Morgan fingerprint density at radius 2 is 2.22 bits per heavy atom. The van der Waals surface area contributed by atoms with E-state index in [1.54, 1.807) is 0 Å². The molecule has 2 unspecified atom stereocenters. The summed E-state index contributed by atoms with van der Waals surface area (Å²) >= 11 is 0. The quantitative estimate of drug-likeness (QED) is 0.788. The van der Waals surface area contributed by atoms with Crippen LogP contribution < -0.4 is 10.6 Å². The molecule has 0 aromatic carbocycles. The number of aryl methyl sites for hydroxylation is 2. The third-order valence-electron chi connectivity index (χ3n) is 4.74. The van der Waals surface area contributed by atoms with E-state index < -0.39 is 0 Å². The van der Waals surface area contributed by atoms with Gasteiger partial charge < -0.3 is 20.0 Å². The van der Waals surface area contributed by atoms with Crippen molar-refractivity contribution in [3.63, 3.8) is 0 Å². The van der Waals surface area contributed by atoms with Crippen LogP contribution in [-0.4, -0.2) is 36.6 Å². The van der Waals surface area contributed by atoms with Gasteiger partial charge in [-0.3, -0.25) is 0 Å². The van der Waals surface area contributed by atoms with Gasteiger partial charge in [0.05, 0.1) is 6.04 Å². The van der Waals surface area contributed by atoms with Crippen molar-refractivity contribution in [3.8, 4) is 0 Å². The van der Waals surface area contributed by atoms with Gasteiger partial charge in [0.2, 0.25) is 0 Å². The van der Waals surface area contributed by atoms with E-state index in [9.17, 15) is 4.79 Å². The monoisotopic (exact) mass is 321 g/mol. The zero-order chi connectivity index (χ0) is 16.8. The van der Waals surface area contributed by atoms with Gasteiger partial charge >= 0.3 is 6.03 Å². The Hall–Kier alpha value is -1.49. The molecule has 1 aliphatic rings. The van der Waals surface area contributed by atoms with Crippen molar-refractivity contribution >= 4 is 6.03 Å². The maximum absolute atomic E-state index is 12.0. The molecule has 5 heteroatoms. The number of nitrogens with zero attached hydrogens (tertiary/aromatic N) is 1. The minimum Gasteiger partial charge on any atom is -0.466 e. The molecule has 1 aromatic rings. The smallest absolute Gasteiger partial charge is 0.315 e. The number of carbonyl (C=O) groups excluding carboxylic acids is 1. The van der Waals surface area contributed by atoms with Crippen molar-refractivity contribution in [1.29, 1.82) is 0 Å². The third-order valence-corrected chi connectivity index (χ3v) is 4.74. The van der Waals surface area contributed by atoms with Crippen LogP contribution in [0.4, 0.5) is 4.79 Å². The number of piperidine rings is 1. The fourth-order valence-corrected chi connectivity index (χ4v) is 3.38. The first-order chi connectivity index (χ1) is 11.0. The van der Waals surface area contributed by atoms with Crippen LogP contribution in [0.25, 0.3) is 0 Å². The van der Waals surface area contributed by atoms with Crippen molar-refractivity contribution in [3.05, 3.63) is 23.2 Å². The number of hydrogen-bond acceptors (Lipinski definition) is 3. The molecule has 0 bridgehead atoms. The van der Waals surface area contributed by atoms with Gasteiger partial charge in [-0.1, -0.05) is 6.42 Å². The molecule has 2 heterocycles. The molecular weight excluding hydrogens is 290 g/mol.